The van der Waals surface area contributed by atoms with Crippen molar-refractivity contribution < 1.29 is 30.6 Å². The van der Waals surface area contributed by atoms with E-state index in [0.29, 0.717) is 12.8 Å². The van der Waals surface area contributed by atoms with Crippen molar-refractivity contribution in [2.24, 2.45) is 28.6 Å². The third kappa shape index (κ3) is 1.98. The smallest absolute Gasteiger partial charge is 0.106 e. The largest absolute Gasteiger partial charge is 0.392 e. The van der Waals surface area contributed by atoms with Gasteiger partial charge in [-0.1, -0.05) is 20.8 Å². The van der Waals surface area contributed by atoms with Crippen molar-refractivity contribution in [3.8, 4) is 0 Å². The van der Waals surface area contributed by atoms with Gasteiger partial charge in [0.1, 0.15) is 5.60 Å². The Morgan fingerprint density at radius 3 is 1.89 bits per heavy atom. The first kappa shape index (κ1) is 20.0. The van der Waals surface area contributed by atoms with Crippen molar-refractivity contribution in [1.82, 2.24) is 0 Å². The fraction of sp³-hybridized carbons (Fsp3) is 1.00. The summed E-state index contributed by atoms with van der Waals surface area (Å²) in [6, 6.07) is 0. The molecule has 6 nitrogen and oxygen atoms in total. The second-order valence-corrected chi connectivity index (χ2v) is 11.4. The summed E-state index contributed by atoms with van der Waals surface area (Å²) in [5.74, 6) is -0.828. The van der Waals surface area contributed by atoms with Crippen molar-refractivity contribution in [2.45, 2.75) is 101 Å². The molecular formula is C21H36O6. The van der Waals surface area contributed by atoms with Gasteiger partial charge in [0.25, 0.3) is 0 Å². The van der Waals surface area contributed by atoms with Gasteiger partial charge in [0.15, 0.2) is 0 Å². The van der Waals surface area contributed by atoms with Crippen molar-refractivity contribution in [3.63, 3.8) is 0 Å². The Hall–Kier alpha value is -0.240. The van der Waals surface area contributed by atoms with Crippen LogP contribution in [0.3, 0.4) is 0 Å². The van der Waals surface area contributed by atoms with Gasteiger partial charge in [0, 0.05) is 23.7 Å². The molecule has 0 aromatic rings. The Labute approximate surface area is 161 Å². The normalized spacial score (nSPS) is 64.8. The maximum absolute atomic E-state index is 11.9. The highest BCUT2D eigenvalue weighted by Crippen LogP contribution is 2.71. The molecule has 4 rings (SSSR count). The maximum Gasteiger partial charge on any atom is 0.106 e. The lowest BCUT2D eigenvalue weighted by Gasteiger charge is -2.60. The molecule has 0 bridgehead atoms. The van der Waals surface area contributed by atoms with Crippen LogP contribution in [0.1, 0.15) is 66.7 Å². The number of rotatable bonds is 0. The van der Waals surface area contributed by atoms with E-state index in [0.717, 1.165) is 0 Å². The molecule has 4 saturated carbocycles. The van der Waals surface area contributed by atoms with Crippen LogP contribution in [0.2, 0.25) is 0 Å². The molecule has 6 N–H and O–H groups in total. The van der Waals surface area contributed by atoms with Gasteiger partial charge < -0.3 is 30.6 Å². The van der Waals surface area contributed by atoms with Crippen molar-refractivity contribution >= 4 is 0 Å². The summed E-state index contributed by atoms with van der Waals surface area (Å²) in [5.41, 5.74) is -7.85. The summed E-state index contributed by atoms with van der Waals surface area (Å²) in [6.07, 6.45) is -0.670. The van der Waals surface area contributed by atoms with Gasteiger partial charge in [0.05, 0.1) is 29.0 Å². The van der Waals surface area contributed by atoms with E-state index in [4.69, 9.17) is 0 Å². The number of hydrogen-bond donors (Lipinski definition) is 6. The van der Waals surface area contributed by atoms with Gasteiger partial charge in [-0.25, -0.2) is 0 Å². The zero-order chi connectivity index (χ0) is 20.4. The molecule has 4 aliphatic carbocycles. The van der Waals surface area contributed by atoms with Crippen LogP contribution >= 0.6 is 0 Å². The number of hydrogen-bond acceptors (Lipinski definition) is 6. The maximum atomic E-state index is 11.9. The van der Waals surface area contributed by atoms with Crippen LogP contribution in [0.25, 0.3) is 0 Å². The van der Waals surface area contributed by atoms with Crippen LogP contribution in [-0.2, 0) is 0 Å². The molecule has 0 saturated heterocycles. The fourth-order valence-corrected chi connectivity index (χ4v) is 8.20. The summed E-state index contributed by atoms with van der Waals surface area (Å²) < 4.78 is 0. The van der Waals surface area contributed by atoms with E-state index in [-0.39, 0.29) is 37.0 Å². The summed E-state index contributed by atoms with van der Waals surface area (Å²) >= 11 is 0. The highest BCUT2D eigenvalue weighted by atomic mass is 16.4. The number of aliphatic hydroxyl groups excluding tert-OH is 2. The minimum atomic E-state index is -1.78. The zero-order valence-corrected chi connectivity index (χ0v) is 17.1. The van der Waals surface area contributed by atoms with E-state index in [2.05, 4.69) is 0 Å². The van der Waals surface area contributed by atoms with Gasteiger partial charge in [-0.15, -0.1) is 0 Å². The van der Waals surface area contributed by atoms with Crippen molar-refractivity contribution in [3.05, 3.63) is 0 Å². The molecular weight excluding hydrogens is 348 g/mol. The Morgan fingerprint density at radius 2 is 1.30 bits per heavy atom. The van der Waals surface area contributed by atoms with Crippen LogP contribution in [0.4, 0.5) is 0 Å². The molecule has 4 fully saturated rings. The Morgan fingerprint density at radius 1 is 0.741 bits per heavy atom. The predicted octanol–water partition coefficient (Wildman–Crippen LogP) is 0.558. The molecule has 0 aromatic carbocycles. The quantitative estimate of drug-likeness (QED) is 0.363. The number of aliphatic hydroxyl groups is 6. The first-order chi connectivity index (χ1) is 12.1. The van der Waals surface area contributed by atoms with Gasteiger partial charge in [0.2, 0.25) is 0 Å². The summed E-state index contributed by atoms with van der Waals surface area (Å²) in [6.45, 7) is 8.61. The first-order valence-corrected chi connectivity index (χ1v) is 10.3. The second kappa shape index (κ2) is 5.08. The van der Waals surface area contributed by atoms with E-state index in [1.165, 1.54) is 0 Å². The minimum absolute atomic E-state index is 0.0703. The molecule has 27 heavy (non-hydrogen) atoms. The molecule has 6 heteroatoms. The molecule has 10 atom stereocenters. The van der Waals surface area contributed by atoms with Crippen molar-refractivity contribution in [2.75, 3.05) is 0 Å². The zero-order valence-electron chi connectivity index (χ0n) is 17.1. The molecule has 0 aliphatic heterocycles. The summed E-state index contributed by atoms with van der Waals surface area (Å²) in [4.78, 5) is 0. The Balaban J connectivity index is 1.94. The van der Waals surface area contributed by atoms with Gasteiger partial charge in [-0.2, -0.15) is 0 Å². The molecule has 0 unspecified atom stereocenters. The second-order valence-electron chi connectivity index (χ2n) is 11.4. The van der Waals surface area contributed by atoms with Gasteiger partial charge in [-0.3, -0.25) is 0 Å². The lowest BCUT2D eigenvalue weighted by molar-refractivity contribution is -0.282. The number of fused-ring (bicyclic) bond motifs is 1. The lowest BCUT2D eigenvalue weighted by atomic mass is 9.50. The van der Waals surface area contributed by atoms with Gasteiger partial charge >= 0.3 is 0 Å². The monoisotopic (exact) mass is 384 g/mol. The molecule has 0 aromatic heterocycles. The first-order valence-electron chi connectivity index (χ1n) is 10.3. The SMILES string of the molecule is CC1(C)[C@@H](O)C[C@@]2(C)[C@](C)(O)[C@@H]3CC[C@@H]4[C@H]3[C@](O)(C[C@@H](O)[C@]12O)C[C@@]4(C)O. The molecule has 0 spiro atoms. The molecule has 0 amide bonds. The van der Waals surface area contributed by atoms with E-state index in [9.17, 15) is 30.6 Å². The molecule has 4 aliphatic rings. The Bertz CT molecular complexity index is 659. The van der Waals surface area contributed by atoms with Gasteiger partial charge in [-0.05, 0) is 50.9 Å². The van der Waals surface area contributed by atoms with E-state index < -0.39 is 45.4 Å². The standard InChI is InChI=1S/C21H36O6/c1-16(2)13(22)8-18(4)19(5,25)12-7-6-11-15(12)20(26,10-17(11,3)24)9-14(23)21(16,18)27/h11-15,22-27H,6-10H2,1-5H3/t11-,12-,13+,14-,15-,17-,18+,19-,20+,21+/m1/s1. The minimum Gasteiger partial charge on any atom is -0.392 e. The average molecular weight is 385 g/mol. The van der Waals surface area contributed by atoms with E-state index >= 15 is 0 Å². The average Bonchev–Trinajstić information content (AvgIpc) is 3.08. The van der Waals surface area contributed by atoms with Crippen LogP contribution in [-0.4, -0.2) is 65.3 Å². The predicted molar refractivity (Wildman–Crippen MR) is 98.6 cm³/mol. The van der Waals surface area contributed by atoms with E-state index in [1.54, 1.807) is 34.6 Å². The lowest BCUT2D eigenvalue weighted by Crippen LogP contribution is -2.71. The summed E-state index contributed by atoms with van der Waals surface area (Å²) in [5, 5.41) is 68.4. The third-order valence-electron chi connectivity index (χ3n) is 9.87. The van der Waals surface area contributed by atoms with Crippen molar-refractivity contribution in [1.29, 1.82) is 0 Å². The van der Waals surface area contributed by atoms with Crippen LogP contribution in [0, 0.1) is 28.6 Å². The Kier molecular flexibility index (Phi) is 3.77. The van der Waals surface area contributed by atoms with Crippen LogP contribution in [0.15, 0.2) is 0 Å². The fourth-order valence-electron chi connectivity index (χ4n) is 8.20. The molecule has 156 valence electrons. The van der Waals surface area contributed by atoms with Crippen LogP contribution in [0.5, 0.6) is 0 Å². The highest BCUT2D eigenvalue weighted by Gasteiger charge is 2.79. The third-order valence-corrected chi connectivity index (χ3v) is 9.87. The van der Waals surface area contributed by atoms with Crippen LogP contribution < -0.4 is 0 Å². The summed E-state index contributed by atoms with van der Waals surface area (Å²) in [7, 11) is 0. The van der Waals surface area contributed by atoms with E-state index in [1.807, 2.05) is 0 Å². The molecule has 0 heterocycles. The molecule has 0 radical (unpaired) electrons. The highest BCUT2D eigenvalue weighted by molar-refractivity contribution is 5.28. The topological polar surface area (TPSA) is 121 Å².